The average molecular weight is 419 g/mol. The molecular formula is C25H30N4O2. The van der Waals surface area contributed by atoms with Crippen molar-refractivity contribution >= 4 is 28.9 Å². The van der Waals surface area contributed by atoms with Gasteiger partial charge in [-0.05, 0) is 63.6 Å². The van der Waals surface area contributed by atoms with Gasteiger partial charge in [0.1, 0.15) is 5.82 Å². The molecule has 3 aromatic rings. The van der Waals surface area contributed by atoms with Gasteiger partial charge >= 0.3 is 0 Å². The van der Waals surface area contributed by atoms with Crippen LogP contribution in [-0.4, -0.2) is 46.8 Å². The summed E-state index contributed by atoms with van der Waals surface area (Å²) in [6, 6.07) is 15.0. The van der Waals surface area contributed by atoms with Crippen molar-refractivity contribution in [3.63, 3.8) is 0 Å². The molecule has 0 radical (unpaired) electrons. The van der Waals surface area contributed by atoms with E-state index in [1.807, 2.05) is 48.6 Å². The van der Waals surface area contributed by atoms with Crippen LogP contribution in [0.15, 0.2) is 42.5 Å². The van der Waals surface area contributed by atoms with Gasteiger partial charge in [-0.2, -0.15) is 0 Å². The molecule has 1 aromatic heterocycles. The summed E-state index contributed by atoms with van der Waals surface area (Å²) in [5, 5.41) is 4.57. The van der Waals surface area contributed by atoms with Crippen LogP contribution in [0.1, 0.15) is 39.1 Å². The van der Waals surface area contributed by atoms with E-state index in [1.54, 1.807) is 0 Å². The van der Waals surface area contributed by atoms with Crippen molar-refractivity contribution in [3.8, 4) is 11.5 Å². The van der Waals surface area contributed by atoms with Crippen LogP contribution in [0.3, 0.4) is 0 Å². The third kappa shape index (κ3) is 4.97. The van der Waals surface area contributed by atoms with Crippen LogP contribution >= 0.6 is 0 Å². The van der Waals surface area contributed by atoms with Crippen LogP contribution in [0.5, 0.6) is 11.5 Å². The smallest absolute Gasteiger partial charge is 0.231 e. The van der Waals surface area contributed by atoms with Crippen molar-refractivity contribution < 1.29 is 9.47 Å². The first-order valence-corrected chi connectivity index (χ1v) is 10.9. The molecule has 1 aliphatic heterocycles. The molecule has 0 bridgehead atoms. The van der Waals surface area contributed by atoms with Gasteiger partial charge in [-0.25, -0.2) is 9.97 Å². The van der Waals surface area contributed by atoms with E-state index < -0.39 is 0 Å². The number of ether oxygens (including phenoxy) is 2. The lowest BCUT2D eigenvalue weighted by atomic mass is 10.2. The second-order valence-electron chi connectivity index (χ2n) is 8.25. The van der Waals surface area contributed by atoms with Crippen molar-refractivity contribution in [2.24, 2.45) is 0 Å². The van der Waals surface area contributed by atoms with Crippen LogP contribution < -0.4 is 14.8 Å². The number of nitrogens with zero attached hydrogens (tertiary/aromatic N) is 3. The fourth-order valence-electron chi connectivity index (χ4n) is 3.91. The highest BCUT2D eigenvalue weighted by atomic mass is 16.7. The molecule has 0 saturated carbocycles. The summed E-state index contributed by atoms with van der Waals surface area (Å²) in [6.07, 6.45) is 3.93. The number of aromatic nitrogens is 2. The molecule has 2 aromatic carbocycles. The summed E-state index contributed by atoms with van der Waals surface area (Å²) in [6.45, 7) is 11.0. The summed E-state index contributed by atoms with van der Waals surface area (Å²) < 4.78 is 10.8. The van der Waals surface area contributed by atoms with Crippen LogP contribution in [0.25, 0.3) is 23.1 Å². The first-order valence-electron chi connectivity index (χ1n) is 10.9. The minimum Gasteiger partial charge on any atom is -0.454 e. The second-order valence-corrected chi connectivity index (χ2v) is 8.25. The number of fused-ring (bicyclic) bond motifs is 2. The second kappa shape index (κ2) is 9.35. The predicted octanol–water partition coefficient (Wildman–Crippen LogP) is 5.06. The highest BCUT2D eigenvalue weighted by Gasteiger charge is 2.14. The largest absolute Gasteiger partial charge is 0.454 e. The van der Waals surface area contributed by atoms with Gasteiger partial charge in [0, 0.05) is 30.6 Å². The third-order valence-electron chi connectivity index (χ3n) is 5.43. The van der Waals surface area contributed by atoms with E-state index >= 15 is 0 Å². The lowest BCUT2D eigenvalue weighted by Crippen LogP contribution is -2.40. The molecule has 6 heteroatoms. The van der Waals surface area contributed by atoms with E-state index in [2.05, 4.69) is 44.0 Å². The van der Waals surface area contributed by atoms with E-state index in [0.29, 0.717) is 17.9 Å². The van der Waals surface area contributed by atoms with E-state index in [1.165, 1.54) is 0 Å². The Morgan fingerprint density at radius 2 is 1.74 bits per heavy atom. The molecular weight excluding hydrogens is 388 g/mol. The molecule has 2 heterocycles. The lowest BCUT2D eigenvalue weighted by Gasteiger charge is -2.30. The summed E-state index contributed by atoms with van der Waals surface area (Å²) in [4.78, 5) is 12.0. The number of rotatable bonds is 8. The number of hydrogen-bond acceptors (Lipinski definition) is 6. The first kappa shape index (κ1) is 21.1. The zero-order valence-corrected chi connectivity index (χ0v) is 18.6. The normalized spacial score (nSPS) is 13.3. The van der Waals surface area contributed by atoms with Gasteiger partial charge < -0.3 is 14.8 Å². The summed E-state index contributed by atoms with van der Waals surface area (Å²) in [5.41, 5.74) is 1.94. The van der Waals surface area contributed by atoms with Gasteiger partial charge in [0.15, 0.2) is 17.3 Å². The van der Waals surface area contributed by atoms with E-state index in [-0.39, 0.29) is 6.79 Å². The van der Waals surface area contributed by atoms with Gasteiger partial charge in [0.25, 0.3) is 0 Å². The number of anilines is 1. The number of para-hydroxylation sites is 1. The molecule has 1 N–H and O–H groups in total. The van der Waals surface area contributed by atoms with Crippen LogP contribution in [-0.2, 0) is 0 Å². The molecule has 0 amide bonds. The lowest BCUT2D eigenvalue weighted by molar-refractivity contribution is 0.174. The Balaban J connectivity index is 1.54. The number of hydrogen-bond donors (Lipinski definition) is 1. The van der Waals surface area contributed by atoms with Crippen LogP contribution in [0.2, 0.25) is 0 Å². The van der Waals surface area contributed by atoms with Crippen molar-refractivity contribution in [1.29, 1.82) is 0 Å². The van der Waals surface area contributed by atoms with Crippen LogP contribution in [0.4, 0.5) is 5.82 Å². The minimum absolute atomic E-state index is 0.274. The molecule has 4 rings (SSSR count). The maximum Gasteiger partial charge on any atom is 0.231 e. The Morgan fingerprint density at radius 3 is 2.55 bits per heavy atom. The molecule has 0 aliphatic carbocycles. The molecule has 0 saturated heterocycles. The maximum absolute atomic E-state index is 5.46. The monoisotopic (exact) mass is 418 g/mol. The summed E-state index contributed by atoms with van der Waals surface area (Å²) in [5.74, 6) is 3.08. The molecule has 162 valence electrons. The third-order valence-corrected chi connectivity index (χ3v) is 5.43. The molecule has 0 fully saturated rings. The van der Waals surface area contributed by atoms with Crippen molar-refractivity contribution in [1.82, 2.24) is 14.9 Å². The average Bonchev–Trinajstić information content (AvgIpc) is 3.22. The van der Waals surface area contributed by atoms with E-state index in [4.69, 9.17) is 19.4 Å². The van der Waals surface area contributed by atoms with Gasteiger partial charge in [0.2, 0.25) is 6.79 Å². The van der Waals surface area contributed by atoms with Gasteiger partial charge in [0.05, 0.1) is 5.52 Å². The predicted molar refractivity (Wildman–Crippen MR) is 126 cm³/mol. The molecule has 0 unspecified atom stereocenters. The Hall–Kier alpha value is -3.12. The topological polar surface area (TPSA) is 59.5 Å². The fourth-order valence-corrected chi connectivity index (χ4v) is 3.91. The highest BCUT2D eigenvalue weighted by Crippen LogP contribution is 2.33. The quantitative estimate of drug-likeness (QED) is 0.552. The van der Waals surface area contributed by atoms with Gasteiger partial charge in [-0.3, -0.25) is 4.90 Å². The molecule has 31 heavy (non-hydrogen) atoms. The van der Waals surface area contributed by atoms with Crippen molar-refractivity contribution in [3.05, 3.63) is 53.9 Å². The molecule has 0 atom stereocenters. The van der Waals surface area contributed by atoms with E-state index in [9.17, 15) is 0 Å². The first-order chi connectivity index (χ1) is 15.0. The standard InChI is InChI=1S/C25H30N4O2/c1-17(2)29(18(3)4)14-13-26-25-20-7-5-6-8-21(20)27-24(28-25)12-10-19-9-11-22-23(15-19)31-16-30-22/h5-12,15,17-18H,13-14,16H2,1-4H3,(H,26,27,28)/b12-10+. The van der Waals surface area contributed by atoms with Crippen LogP contribution in [0, 0.1) is 0 Å². The van der Waals surface area contributed by atoms with E-state index in [0.717, 1.165) is 46.9 Å². The fraction of sp³-hybridized carbons (Fsp3) is 0.360. The maximum atomic E-state index is 5.46. The zero-order chi connectivity index (χ0) is 21.8. The van der Waals surface area contributed by atoms with Crippen molar-refractivity contribution in [2.45, 2.75) is 39.8 Å². The molecule has 6 nitrogen and oxygen atoms in total. The number of nitrogens with one attached hydrogen (secondary N) is 1. The van der Waals surface area contributed by atoms with Crippen molar-refractivity contribution in [2.75, 3.05) is 25.2 Å². The molecule has 0 spiro atoms. The number of benzene rings is 2. The van der Waals surface area contributed by atoms with Gasteiger partial charge in [-0.15, -0.1) is 0 Å². The SMILES string of the molecule is CC(C)N(CCNc1nc(/C=C/c2ccc3c(c2)OCO3)nc2ccccc12)C(C)C. The molecule has 1 aliphatic rings. The minimum atomic E-state index is 0.274. The summed E-state index contributed by atoms with van der Waals surface area (Å²) in [7, 11) is 0. The Bertz CT molecular complexity index is 1070. The zero-order valence-electron chi connectivity index (χ0n) is 18.6. The Labute approximate surface area is 183 Å². The van der Waals surface area contributed by atoms with Gasteiger partial charge in [-0.1, -0.05) is 24.3 Å². The summed E-state index contributed by atoms with van der Waals surface area (Å²) >= 11 is 0. The Morgan fingerprint density at radius 1 is 0.968 bits per heavy atom. The Kier molecular flexibility index (Phi) is 6.37. The highest BCUT2D eigenvalue weighted by molar-refractivity contribution is 5.90.